The molecule has 0 spiro atoms. The Morgan fingerprint density at radius 1 is 1.12 bits per heavy atom. The van der Waals surface area contributed by atoms with Gasteiger partial charge in [-0.25, -0.2) is 19.6 Å². The molecular formula is C22H17F3N4O5. The molecular weight excluding hydrogens is 457 g/mol. The van der Waals surface area contributed by atoms with E-state index in [9.17, 15) is 22.8 Å². The highest BCUT2D eigenvalue weighted by Gasteiger charge is 2.31. The number of amides is 2. The summed E-state index contributed by atoms with van der Waals surface area (Å²) in [5, 5.41) is 2.48. The molecule has 176 valence electrons. The van der Waals surface area contributed by atoms with Crippen molar-refractivity contribution in [3.63, 3.8) is 0 Å². The van der Waals surface area contributed by atoms with Crippen molar-refractivity contribution in [1.29, 1.82) is 0 Å². The molecule has 0 atom stereocenters. The van der Waals surface area contributed by atoms with E-state index in [1.165, 1.54) is 36.3 Å². The van der Waals surface area contributed by atoms with Crippen LogP contribution in [0.25, 0.3) is 0 Å². The topological polar surface area (TPSA) is 103 Å². The quantitative estimate of drug-likeness (QED) is 0.555. The largest absolute Gasteiger partial charge is 0.489 e. The Morgan fingerprint density at radius 2 is 1.94 bits per heavy atom. The van der Waals surface area contributed by atoms with Gasteiger partial charge in [-0.15, -0.1) is 0 Å². The third-order valence-corrected chi connectivity index (χ3v) is 4.74. The summed E-state index contributed by atoms with van der Waals surface area (Å²) in [5.74, 6) is 0.0762. The van der Waals surface area contributed by atoms with Crippen LogP contribution in [0.15, 0.2) is 54.9 Å². The van der Waals surface area contributed by atoms with E-state index in [1.54, 1.807) is 12.1 Å². The fourth-order valence-corrected chi connectivity index (χ4v) is 3.17. The number of alkyl halides is 3. The predicted octanol–water partition coefficient (Wildman–Crippen LogP) is 4.51. The highest BCUT2D eigenvalue weighted by atomic mass is 19.4. The highest BCUT2D eigenvalue weighted by Crippen LogP contribution is 2.37. The van der Waals surface area contributed by atoms with E-state index in [4.69, 9.17) is 9.47 Å². The Kier molecular flexibility index (Phi) is 6.21. The van der Waals surface area contributed by atoms with Crippen LogP contribution in [0.1, 0.15) is 16.1 Å². The van der Waals surface area contributed by atoms with Crippen LogP contribution in [0.2, 0.25) is 0 Å². The predicted molar refractivity (Wildman–Crippen MR) is 113 cm³/mol. The summed E-state index contributed by atoms with van der Waals surface area (Å²) >= 11 is 0. The minimum atomic E-state index is -4.52. The van der Waals surface area contributed by atoms with Gasteiger partial charge in [0.15, 0.2) is 5.69 Å². The molecule has 1 N–H and O–H groups in total. The summed E-state index contributed by atoms with van der Waals surface area (Å²) in [4.78, 5) is 33.5. The highest BCUT2D eigenvalue weighted by molar-refractivity contribution is 6.03. The lowest BCUT2D eigenvalue weighted by Crippen LogP contribution is -2.40. The van der Waals surface area contributed by atoms with Crippen LogP contribution >= 0.6 is 0 Å². The van der Waals surface area contributed by atoms with Crippen LogP contribution < -0.4 is 19.7 Å². The number of anilines is 2. The van der Waals surface area contributed by atoms with Gasteiger partial charge >= 0.3 is 18.2 Å². The van der Waals surface area contributed by atoms with Crippen molar-refractivity contribution in [3.8, 4) is 17.4 Å². The molecule has 1 aliphatic heterocycles. The maximum absolute atomic E-state index is 12.9. The molecule has 0 fully saturated rings. The van der Waals surface area contributed by atoms with E-state index in [0.717, 1.165) is 18.5 Å². The van der Waals surface area contributed by atoms with E-state index in [0.29, 0.717) is 17.2 Å². The second-order valence-electron chi connectivity index (χ2n) is 6.97. The van der Waals surface area contributed by atoms with Crippen molar-refractivity contribution in [3.05, 3.63) is 66.1 Å². The molecule has 2 heterocycles. The van der Waals surface area contributed by atoms with Gasteiger partial charge in [-0.05, 0) is 30.3 Å². The van der Waals surface area contributed by atoms with Crippen LogP contribution in [0, 0.1) is 0 Å². The minimum Gasteiger partial charge on any atom is -0.489 e. The van der Waals surface area contributed by atoms with Gasteiger partial charge in [-0.2, -0.15) is 13.2 Å². The Balaban J connectivity index is 1.51. The number of rotatable bonds is 4. The van der Waals surface area contributed by atoms with Gasteiger partial charge in [-0.1, -0.05) is 6.07 Å². The number of ether oxygens (including phenoxy) is 3. The summed E-state index contributed by atoms with van der Waals surface area (Å²) in [6.45, 7) is 0.346. The summed E-state index contributed by atoms with van der Waals surface area (Å²) in [6.07, 6.45) is -3.37. The Labute approximate surface area is 191 Å². The van der Waals surface area contributed by atoms with Gasteiger partial charge in [0, 0.05) is 17.8 Å². The lowest BCUT2D eigenvalue weighted by molar-refractivity contribution is -0.137. The van der Waals surface area contributed by atoms with Gasteiger partial charge in [-0.3, -0.25) is 4.90 Å². The standard InChI is InChI=1S/C22H17F3N4O5/c1-32-20(30)16-11-19(27-12-26-16)34-15-5-6-17-18(10-15)33-8-7-29(17)21(31)28-14-4-2-3-13(9-14)22(23,24)25/h2-6,9-12H,7-8H2,1H3,(H,28,31). The number of hydrogen-bond acceptors (Lipinski definition) is 7. The number of nitrogens with one attached hydrogen (secondary N) is 1. The van der Waals surface area contributed by atoms with Gasteiger partial charge < -0.3 is 19.5 Å². The third-order valence-electron chi connectivity index (χ3n) is 4.74. The first kappa shape index (κ1) is 22.8. The van der Waals surface area contributed by atoms with Gasteiger partial charge in [0.1, 0.15) is 24.4 Å². The van der Waals surface area contributed by atoms with Crippen LogP contribution in [-0.2, 0) is 10.9 Å². The maximum Gasteiger partial charge on any atom is 0.416 e. The average molecular weight is 474 g/mol. The van der Waals surface area contributed by atoms with Gasteiger partial charge in [0.2, 0.25) is 5.88 Å². The molecule has 1 aromatic heterocycles. The number of benzene rings is 2. The fraction of sp³-hybridized carbons (Fsp3) is 0.182. The molecule has 1 aliphatic rings. The van der Waals surface area contributed by atoms with Crippen molar-refractivity contribution in [2.75, 3.05) is 30.5 Å². The van der Waals surface area contributed by atoms with Crippen molar-refractivity contribution in [2.45, 2.75) is 6.18 Å². The number of carbonyl (C=O) groups is 2. The Morgan fingerprint density at radius 3 is 2.71 bits per heavy atom. The second kappa shape index (κ2) is 9.25. The van der Waals surface area contributed by atoms with Crippen LogP contribution in [0.5, 0.6) is 17.4 Å². The summed E-state index contributed by atoms with van der Waals surface area (Å²) in [5.41, 5.74) is -0.437. The van der Waals surface area contributed by atoms with Crippen LogP contribution in [0.4, 0.5) is 29.3 Å². The number of nitrogens with zero attached hydrogens (tertiary/aromatic N) is 3. The molecule has 0 unspecified atom stereocenters. The van der Waals surface area contributed by atoms with Crippen molar-refractivity contribution in [2.24, 2.45) is 0 Å². The summed E-state index contributed by atoms with van der Waals surface area (Å²) in [7, 11) is 1.22. The summed E-state index contributed by atoms with van der Waals surface area (Å²) < 4.78 is 54.7. The number of carbonyl (C=O) groups excluding carboxylic acids is 2. The molecule has 0 bridgehead atoms. The first-order valence-electron chi connectivity index (χ1n) is 9.85. The number of hydrogen-bond donors (Lipinski definition) is 1. The number of halogens is 3. The van der Waals surface area contributed by atoms with E-state index in [1.807, 2.05) is 0 Å². The van der Waals surface area contributed by atoms with E-state index in [2.05, 4.69) is 20.0 Å². The van der Waals surface area contributed by atoms with Crippen molar-refractivity contribution < 1.29 is 37.0 Å². The monoisotopic (exact) mass is 474 g/mol. The maximum atomic E-state index is 12.9. The van der Waals surface area contributed by atoms with Crippen LogP contribution in [0.3, 0.4) is 0 Å². The minimum absolute atomic E-state index is 0.0120. The average Bonchev–Trinajstić information content (AvgIpc) is 2.82. The Bertz CT molecular complexity index is 1240. The number of methoxy groups -OCH3 is 1. The molecule has 12 heteroatoms. The fourth-order valence-electron chi connectivity index (χ4n) is 3.17. The zero-order valence-electron chi connectivity index (χ0n) is 17.6. The Hall–Kier alpha value is -4.35. The smallest absolute Gasteiger partial charge is 0.416 e. The first-order valence-corrected chi connectivity index (χ1v) is 9.85. The normalized spacial score (nSPS) is 12.9. The lowest BCUT2D eigenvalue weighted by atomic mass is 10.2. The summed E-state index contributed by atoms with van der Waals surface area (Å²) in [6, 6.07) is 9.71. The second-order valence-corrected chi connectivity index (χ2v) is 6.97. The lowest BCUT2D eigenvalue weighted by Gasteiger charge is -2.30. The number of esters is 1. The third kappa shape index (κ3) is 5.00. The molecule has 0 radical (unpaired) electrons. The SMILES string of the molecule is COC(=O)c1cc(Oc2ccc3c(c2)OCCN3C(=O)Nc2cccc(C(F)(F)F)c2)ncn1. The van der Waals surface area contributed by atoms with Gasteiger partial charge in [0.05, 0.1) is 24.9 Å². The van der Waals surface area contributed by atoms with Crippen molar-refractivity contribution in [1.82, 2.24) is 9.97 Å². The first-order chi connectivity index (χ1) is 16.2. The van der Waals surface area contributed by atoms with Gasteiger partial charge in [0.25, 0.3) is 0 Å². The van der Waals surface area contributed by atoms with Crippen LogP contribution in [-0.4, -0.2) is 42.2 Å². The molecule has 34 heavy (non-hydrogen) atoms. The molecule has 2 amide bonds. The van der Waals surface area contributed by atoms with E-state index >= 15 is 0 Å². The molecule has 3 aromatic rings. The number of urea groups is 1. The number of fused-ring (bicyclic) bond motifs is 1. The molecule has 0 saturated carbocycles. The zero-order valence-corrected chi connectivity index (χ0v) is 17.6. The molecule has 9 nitrogen and oxygen atoms in total. The molecule has 2 aromatic carbocycles. The molecule has 0 saturated heterocycles. The van der Waals surface area contributed by atoms with Crippen molar-refractivity contribution >= 4 is 23.4 Å². The van der Waals surface area contributed by atoms with E-state index < -0.39 is 23.7 Å². The molecule has 0 aliphatic carbocycles. The zero-order chi connectivity index (χ0) is 24.3. The molecule has 4 rings (SSSR count). The number of aromatic nitrogens is 2. The van der Waals surface area contributed by atoms with E-state index in [-0.39, 0.29) is 30.4 Å².